The molecular weight excluding hydrogens is 322 g/mol. The Kier molecular flexibility index (Phi) is 5.43. The molecule has 0 saturated heterocycles. The summed E-state index contributed by atoms with van der Waals surface area (Å²) >= 11 is 5.28. The summed E-state index contributed by atoms with van der Waals surface area (Å²) in [5.74, 6) is 0.320. The third kappa shape index (κ3) is 4.34. The van der Waals surface area contributed by atoms with Gasteiger partial charge in [0.1, 0.15) is 5.75 Å². The Morgan fingerprint density at radius 1 is 1.32 bits per heavy atom. The topological polar surface area (TPSA) is 32.3 Å². The Hall–Kier alpha value is -0.840. The van der Waals surface area contributed by atoms with Gasteiger partial charge >= 0.3 is 0 Å². The van der Waals surface area contributed by atoms with Crippen LogP contribution in [-0.4, -0.2) is 11.7 Å². The lowest BCUT2D eigenvalue weighted by molar-refractivity contribution is 0.474. The number of rotatable bonds is 6. The second-order valence-corrected chi connectivity index (χ2v) is 6.40. The maximum atomic E-state index is 9.33. The lowest BCUT2D eigenvalue weighted by atomic mass is 10.0. The van der Waals surface area contributed by atoms with Crippen LogP contribution in [0.25, 0.3) is 0 Å². The fourth-order valence-corrected chi connectivity index (χ4v) is 3.49. The molecule has 1 atom stereocenters. The molecule has 0 aliphatic carbocycles. The van der Waals surface area contributed by atoms with Crippen LogP contribution in [0.1, 0.15) is 29.8 Å². The van der Waals surface area contributed by atoms with Crippen molar-refractivity contribution in [3.05, 3.63) is 50.6 Å². The van der Waals surface area contributed by atoms with E-state index in [1.807, 2.05) is 12.1 Å². The van der Waals surface area contributed by atoms with Crippen LogP contribution in [-0.2, 0) is 6.42 Å². The van der Waals surface area contributed by atoms with Crippen molar-refractivity contribution in [3.63, 3.8) is 0 Å². The van der Waals surface area contributed by atoms with E-state index in [-0.39, 0.29) is 0 Å². The van der Waals surface area contributed by atoms with E-state index in [1.165, 1.54) is 10.4 Å². The fourth-order valence-electron chi connectivity index (χ4n) is 1.97. The number of benzene rings is 1. The van der Waals surface area contributed by atoms with Crippen molar-refractivity contribution in [2.24, 2.45) is 0 Å². The van der Waals surface area contributed by atoms with Crippen LogP contribution in [0.3, 0.4) is 0 Å². The molecule has 19 heavy (non-hydrogen) atoms. The second-order valence-electron chi connectivity index (χ2n) is 4.54. The molecule has 0 amide bonds. The van der Waals surface area contributed by atoms with Gasteiger partial charge in [-0.1, -0.05) is 19.1 Å². The molecule has 0 aliphatic heterocycles. The summed E-state index contributed by atoms with van der Waals surface area (Å²) in [5.41, 5.74) is 1.23. The van der Waals surface area contributed by atoms with Gasteiger partial charge in [0.15, 0.2) is 0 Å². The van der Waals surface area contributed by atoms with Crippen LogP contribution in [0.15, 0.2) is 40.2 Å². The molecule has 1 aromatic heterocycles. The van der Waals surface area contributed by atoms with E-state index in [4.69, 9.17) is 0 Å². The SMILES string of the molecule is CCCNC(Cc1ccc(O)cc1)c1cc(Br)cs1. The molecule has 0 spiro atoms. The van der Waals surface area contributed by atoms with Gasteiger partial charge in [-0.05, 0) is 59.1 Å². The molecule has 1 heterocycles. The zero-order chi connectivity index (χ0) is 13.7. The first kappa shape index (κ1) is 14.6. The van der Waals surface area contributed by atoms with Gasteiger partial charge in [0.2, 0.25) is 0 Å². The molecular formula is C15H18BrNOS. The lowest BCUT2D eigenvalue weighted by Crippen LogP contribution is -2.23. The molecule has 1 aromatic carbocycles. The van der Waals surface area contributed by atoms with Crippen molar-refractivity contribution in [2.75, 3.05) is 6.54 Å². The standard InChI is InChI=1S/C15H18BrNOS/c1-2-7-17-14(15-9-12(16)10-19-15)8-11-3-5-13(18)6-4-11/h3-6,9-10,14,17-18H,2,7-8H2,1H3. The van der Waals surface area contributed by atoms with Crippen LogP contribution < -0.4 is 5.32 Å². The molecule has 4 heteroatoms. The Labute approximate surface area is 126 Å². The number of hydrogen-bond acceptors (Lipinski definition) is 3. The summed E-state index contributed by atoms with van der Waals surface area (Å²) in [7, 11) is 0. The number of phenols is 1. The number of phenolic OH excluding ortho intramolecular Hbond substituents is 1. The van der Waals surface area contributed by atoms with Crippen molar-refractivity contribution < 1.29 is 5.11 Å². The first-order valence-electron chi connectivity index (χ1n) is 6.44. The molecule has 2 nitrogen and oxygen atoms in total. The average molecular weight is 340 g/mol. The van der Waals surface area contributed by atoms with Crippen molar-refractivity contribution >= 4 is 27.3 Å². The average Bonchev–Trinajstić information content (AvgIpc) is 2.83. The van der Waals surface area contributed by atoms with Gasteiger partial charge in [0.25, 0.3) is 0 Å². The minimum absolute atomic E-state index is 0.320. The third-order valence-electron chi connectivity index (χ3n) is 2.95. The fraction of sp³-hybridized carbons (Fsp3) is 0.333. The molecule has 2 N–H and O–H groups in total. The van der Waals surface area contributed by atoms with Crippen molar-refractivity contribution in [1.29, 1.82) is 0 Å². The van der Waals surface area contributed by atoms with Crippen molar-refractivity contribution in [1.82, 2.24) is 5.32 Å². The highest BCUT2D eigenvalue weighted by Gasteiger charge is 2.13. The minimum Gasteiger partial charge on any atom is -0.508 e. The Balaban J connectivity index is 2.11. The van der Waals surface area contributed by atoms with Crippen molar-refractivity contribution in [2.45, 2.75) is 25.8 Å². The zero-order valence-corrected chi connectivity index (χ0v) is 13.3. The summed E-state index contributed by atoms with van der Waals surface area (Å²) in [5, 5.41) is 15.0. The molecule has 0 aliphatic rings. The first-order valence-corrected chi connectivity index (χ1v) is 8.11. The molecule has 0 bridgehead atoms. The van der Waals surface area contributed by atoms with Gasteiger partial charge in [-0.25, -0.2) is 0 Å². The lowest BCUT2D eigenvalue weighted by Gasteiger charge is -2.17. The summed E-state index contributed by atoms with van der Waals surface area (Å²) in [6.07, 6.45) is 2.06. The summed E-state index contributed by atoms with van der Waals surface area (Å²) in [6.45, 7) is 3.19. The highest BCUT2D eigenvalue weighted by Crippen LogP contribution is 2.28. The molecule has 2 rings (SSSR count). The largest absolute Gasteiger partial charge is 0.508 e. The van der Waals surface area contributed by atoms with E-state index in [2.05, 4.69) is 39.6 Å². The zero-order valence-electron chi connectivity index (χ0n) is 10.9. The van der Waals surface area contributed by atoms with Crippen LogP contribution in [0.4, 0.5) is 0 Å². The number of hydrogen-bond donors (Lipinski definition) is 2. The number of halogens is 1. The third-order valence-corrected chi connectivity index (χ3v) is 4.76. The van der Waals surface area contributed by atoms with Gasteiger partial charge < -0.3 is 10.4 Å². The van der Waals surface area contributed by atoms with Crippen LogP contribution in [0.5, 0.6) is 5.75 Å². The Morgan fingerprint density at radius 2 is 2.05 bits per heavy atom. The number of nitrogens with one attached hydrogen (secondary N) is 1. The van der Waals surface area contributed by atoms with Gasteiger partial charge in [-0.3, -0.25) is 0 Å². The minimum atomic E-state index is 0.320. The van der Waals surface area contributed by atoms with Crippen LogP contribution in [0, 0.1) is 0 Å². The molecule has 2 aromatic rings. The van der Waals surface area contributed by atoms with E-state index in [9.17, 15) is 5.11 Å². The Bertz CT molecular complexity index is 509. The van der Waals surface area contributed by atoms with Crippen molar-refractivity contribution in [3.8, 4) is 5.75 Å². The second kappa shape index (κ2) is 7.08. The number of thiophene rings is 1. The maximum absolute atomic E-state index is 9.33. The van der Waals surface area contributed by atoms with E-state index >= 15 is 0 Å². The summed E-state index contributed by atoms with van der Waals surface area (Å²) < 4.78 is 1.14. The smallest absolute Gasteiger partial charge is 0.115 e. The molecule has 102 valence electrons. The van der Waals surface area contributed by atoms with E-state index < -0.39 is 0 Å². The van der Waals surface area contributed by atoms with Gasteiger partial charge in [0.05, 0.1) is 0 Å². The number of aromatic hydroxyl groups is 1. The van der Waals surface area contributed by atoms with Gasteiger partial charge in [-0.15, -0.1) is 11.3 Å². The maximum Gasteiger partial charge on any atom is 0.115 e. The highest BCUT2D eigenvalue weighted by molar-refractivity contribution is 9.10. The first-order chi connectivity index (χ1) is 9.19. The predicted molar refractivity (Wildman–Crippen MR) is 84.9 cm³/mol. The van der Waals surface area contributed by atoms with Gasteiger partial charge in [0, 0.05) is 20.8 Å². The van der Waals surface area contributed by atoms with Crippen LogP contribution in [0.2, 0.25) is 0 Å². The molecule has 0 radical (unpaired) electrons. The normalized spacial score (nSPS) is 12.5. The monoisotopic (exact) mass is 339 g/mol. The Morgan fingerprint density at radius 3 is 2.63 bits per heavy atom. The highest BCUT2D eigenvalue weighted by atomic mass is 79.9. The quantitative estimate of drug-likeness (QED) is 0.811. The molecule has 0 saturated carbocycles. The summed E-state index contributed by atoms with van der Waals surface area (Å²) in [6, 6.07) is 9.98. The molecule has 0 fully saturated rings. The van der Waals surface area contributed by atoms with E-state index in [0.29, 0.717) is 11.8 Å². The predicted octanol–water partition coefficient (Wildman–Crippen LogP) is 4.50. The summed E-state index contributed by atoms with van der Waals surface area (Å²) in [4.78, 5) is 1.34. The van der Waals surface area contributed by atoms with E-state index in [1.54, 1.807) is 23.5 Å². The molecule has 1 unspecified atom stereocenters. The van der Waals surface area contributed by atoms with Crippen LogP contribution >= 0.6 is 27.3 Å². The van der Waals surface area contributed by atoms with Gasteiger partial charge in [-0.2, -0.15) is 0 Å². The van der Waals surface area contributed by atoms with E-state index in [0.717, 1.165) is 23.9 Å².